The highest BCUT2D eigenvalue weighted by Crippen LogP contribution is 2.26. The van der Waals surface area contributed by atoms with Gasteiger partial charge >= 0.3 is 0 Å². The van der Waals surface area contributed by atoms with Gasteiger partial charge in [0.2, 0.25) is 5.88 Å². The second-order valence-corrected chi connectivity index (χ2v) is 5.67. The second kappa shape index (κ2) is 6.79. The lowest BCUT2D eigenvalue weighted by Gasteiger charge is -2.18. The third kappa shape index (κ3) is 3.60. The van der Waals surface area contributed by atoms with Gasteiger partial charge in [-0.05, 0) is 32.0 Å². The fraction of sp³-hybridized carbons (Fsp3) is 0.312. The lowest BCUT2D eigenvalue weighted by Crippen LogP contribution is -2.24. The summed E-state index contributed by atoms with van der Waals surface area (Å²) in [4.78, 5) is 15.5. The number of hydrogen-bond donors (Lipinski definition) is 3. The Morgan fingerprint density at radius 3 is 2.96 bits per heavy atom. The first-order valence-corrected chi connectivity index (χ1v) is 7.63. The summed E-state index contributed by atoms with van der Waals surface area (Å²) in [5.41, 5.74) is 7.76. The Morgan fingerprint density at radius 1 is 1.33 bits per heavy atom. The molecule has 0 aromatic carbocycles. The van der Waals surface area contributed by atoms with Gasteiger partial charge in [-0.25, -0.2) is 19.3 Å². The van der Waals surface area contributed by atoms with Crippen LogP contribution >= 0.6 is 0 Å². The minimum atomic E-state index is -0.427. The maximum Gasteiger partial charge on any atom is 0.218 e. The number of aromatic nitrogens is 4. The SMILES string of the molecule is CC(N)COc1ncc(F)cc1C(C)Nc1ccc2nc[nH]c2n1. The molecule has 0 saturated carbocycles. The molecule has 8 heteroatoms. The maximum atomic E-state index is 13.6. The summed E-state index contributed by atoms with van der Waals surface area (Å²) in [5.74, 6) is 0.571. The lowest BCUT2D eigenvalue weighted by atomic mass is 10.1. The molecule has 3 heterocycles. The number of nitrogens with two attached hydrogens (primary N) is 1. The monoisotopic (exact) mass is 330 g/mol. The van der Waals surface area contributed by atoms with Crippen molar-refractivity contribution in [2.45, 2.75) is 25.9 Å². The van der Waals surface area contributed by atoms with Crippen LogP contribution in [0.15, 0.2) is 30.7 Å². The minimum absolute atomic E-state index is 0.141. The van der Waals surface area contributed by atoms with E-state index in [1.165, 1.54) is 6.07 Å². The number of fused-ring (bicyclic) bond motifs is 1. The molecule has 0 saturated heterocycles. The molecule has 0 fully saturated rings. The molecule has 0 radical (unpaired) electrons. The second-order valence-electron chi connectivity index (χ2n) is 5.67. The number of ether oxygens (including phenoxy) is 1. The molecule has 0 aliphatic carbocycles. The van der Waals surface area contributed by atoms with Gasteiger partial charge in [-0.3, -0.25) is 0 Å². The van der Waals surface area contributed by atoms with Crippen LogP contribution in [0.2, 0.25) is 0 Å². The third-order valence-electron chi connectivity index (χ3n) is 3.44. The van der Waals surface area contributed by atoms with Crippen LogP contribution in [0.4, 0.5) is 10.2 Å². The maximum absolute atomic E-state index is 13.6. The molecule has 3 aromatic heterocycles. The van der Waals surface area contributed by atoms with Crippen molar-refractivity contribution in [2.75, 3.05) is 11.9 Å². The Balaban J connectivity index is 1.82. The van der Waals surface area contributed by atoms with Crippen LogP contribution in [-0.4, -0.2) is 32.6 Å². The highest BCUT2D eigenvalue weighted by atomic mass is 19.1. The molecule has 3 rings (SSSR count). The molecule has 0 aliphatic heterocycles. The quantitative estimate of drug-likeness (QED) is 0.641. The van der Waals surface area contributed by atoms with Crippen molar-refractivity contribution in [2.24, 2.45) is 5.73 Å². The van der Waals surface area contributed by atoms with Crippen LogP contribution in [0.25, 0.3) is 11.2 Å². The van der Waals surface area contributed by atoms with E-state index in [0.29, 0.717) is 29.5 Å². The lowest BCUT2D eigenvalue weighted by molar-refractivity contribution is 0.280. The van der Waals surface area contributed by atoms with E-state index >= 15 is 0 Å². The van der Waals surface area contributed by atoms with E-state index in [1.807, 2.05) is 26.0 Å². The molecule has 0 spiro atoms. The van der Waals surface area contributed by atoms with Crippen molar-refractivity contribution >= 4 is 17.0 Å². The number of aromatic amines is 1. The predicted octanol–water partition coefficient (Wildman–Crippen LogP) is 2.39. The number of hydrogen-bond acceptors (Lipinski definition) is 6. The molecule has 0 amide bonds. The summed E-state index contributed by atoms with van der Waals surface area (Å²) in [5, 5.41) is 3.22. The molecule has 126 valence electrons. The average Bonchev–Trinajstić information content (AvgIpc) is 3.01. The van der Waals surface area contributed by atoms with Crippen LogP contribution in [0.5, 0.6) is 5.88 Å². The van der Waals surface area contributed by atoms with E-state index in [9.17, 15) is 4.39 Å². The number of anilines is 1. The molecular formula is C16H19FN6O. The van der Waals surface area contributed by atoms with Crippen LogP contribution in [0.3, 0.4) is 0 Å². The summed E-state index contributed by atoms with van der Waals surface area (Å²) >= 11 is 0. The van der Waals surface area contributed by atoms with Crippen LogP contribution in [0, 0.1) is 5.82 Å². The van der Waals surface area contributed by atoms with E-state index in [1.54, 1.807) is 6.33 Å². The van der Waals surface area contributed by atoms with E-state index in [-0.39, 0.29) is 12.1 Å². The summed E-state index contributed by atoms with van der Waals surface area (Å²) < 4.78 is 19.2. The summed E-state index contributed by atoms with van der Waals surface area (Å²) in [7, 11) is 0. The zero-order chi connectivity index (χ0) is 17.1. The molecule has 0 bridgehead atoms. The average molecular weight is 330 g/mol. The zero-order valence-corrected chi connectivity index (χ0v) is 13.5. The van der Waals surface area contributed by atoms with Gasteiger partial charge in [0, 0.05) is 11.6 Å². The normalized spacial score (nSPS) is 13.7. The van der Waals surface area contributed by atoms with Gasteiger partial charge in [-0.15, -0.1) is 0 Å². The number of rotatable bonds is 6. The minimum Gasteiger partial charge on any atom is -0.476 e. The molecule has 24 heavy (non-hydrogen) atoms. The fourth-order valence-electron chi connectivity index (χ4n) is 2.29. The Hall–Kier alpha value is -2.74. The standard InChI is InChI=1S/C16H19FN6O/c1-9(18)7-24-16-12(5-11(17)6-19-16)10(2)22-14-4-3-13-15(23-14)21-8-20-13/h3-6,8-10H,7,18H2,1-2H3,(H2,20,21,22,23). The van der Waals surface area contributed by atoms with Gasteiger partial charge in [0.25, 0.3) is 0 Å². The highest BCUT2D eigenvalue weighted by molar-refractivity contribution is 5.72. The number of nitrogens with one attached hydrogen (secondary N) is 2. The largest absolute Gasteiger partial charge is 0.476 e. The Labute approximate surface area is 138 Å². The molecule has 7 nitrogen and oxygen atoms in total. The number of halogens is 1. The molecule has 4 N–H and O–H groups in total. The van der Waals surface area contributed by atoms with Crippen molar-refractivity contribution in [3.05, 3.63) is 42.1 Å². The Morgan fingerprint density at radius 2 is 2.17 bits per heavy atom. The van der Waals surface area contributed by atoms with Crippen molar-refractivity contribution < 1.29 is 9.13 Å². The number of pyridine rings is 2. The molecule has 3 aromatic rings. The van der Waals surface area contributed by atoms with Gasteiger partial charge < -0.3 is 20.8 Å². The molecule has 0 aliphatic rings. The first-order valence-electron chi connectivity index (χ1n) is 7.63. The number of H-pyrrole nitrogens is 1. The van der Waals surface area contributed by atoms with Crippen molar-refractivity contribution in [3.8, 4) is 5.88 Å². The van der Waals surface area contributed by atoms with Gasteiger partial charge in [0.05, 0.1) is 18.6 Å². The third-order valence-corrected chi connectivity index (χ3v) is 3.44. The molecule has 2 unspecified atom stereocenters. The van der Waals surface area contributed by atoms with Gasteiger partial charge in [0.1, 0.15) is 23.8 Å². The first-order chi connectivity index (χ1) is 11.5. The fourth-order valence-corrected chi connectivity index (χ4v) is 2.29. The number of imidazole rings is 1. The van der Waals surface area contributed by atoms with Crippen LogP contribution in [-0.2, 0) is 0 Å². The van der Waals surface area contributed by atoms with E-state index in [0.717, 1.165) is 11.7 Å². The van der Waals surface area contributed by atoms with Gasteiger partial charge in [-0.2, -0.15) is 0 Å². The Bertz CT molecular complexity index is 834. The van der Waals surface area contributed by atoms with Crippen molar-refractivity contribution in [1.29, 1.82) is 0 Å². The summed E-state index contributed by atoms with van der Waals surface area (Å²) in [6.07, 6.45) is 2.71. The number of nitrogens with zero attached hydrogens (tertiary/aromatic N) is 3. The summed E-state index contributed by atoms with van der Waals surface area (Å²) in [6.45, 7) is 4.01. The highest BCUT2D eigenvalue weighted by Gasteiger charge is 2.16. The molecular weight excluding hydrogens is 311 g/mol. The van der Waals surface area contributed by atoms with Gasteiger partial charge in [-0.1, -0.05) is 0 Å². The zero-order valence-electron chi connectivity index (χ0n) is 13.5. The van der Waals surface area contributed by atoms with Gasteiger partial charge in [0.15, 0.2) is 5.65 Å². The van der Waals surface area contributed by atoms with E-state index in [2.05, 4.69) is 25.3 Å². The smallest absolute Gasteiger partial charge is 0.218 e. The van der Waals surface area contributed by atoms with E-state index < -0.39 is 5.82 Å². The first kappa shape index (κ1) is 16.1. The van der Waals surface area contributed by atoms with Crippen molar-refractivity contribution in [3.63, 3.8) is 0 Å². The van der Waals surface area contributed by atoms with E-state index in [4.69, 9.17) is 10.5 Å². The Kier molecular flexibility index (Phi) is 4.57. The predicted molar refractivity (Wildman–Crippen MR) is 89.3 cm³/mol. The topological polar surface area (TPSA) is 102 Å². The van der Waals surface area contributed by atoms with Crippen LogP contribution in [0.1, 0.15) is 25.5 Å². The van der Waals surface area contributed by atoms with Crippen molar-refractivity contribution in [1.82, 2.24) is 19.9 Å². The molecule has 2 atom stereocenters. The van der Waals surface area contributed by atoms with Crippen LogP contribution < -0.4 is 15.8 Å². The summed E-state index contributed by atoms with van der Waals surface area (Å²) in [6, 6.07) is 4.66.